The highest BCUT2D eigenvalue weighted by atomic mass is 16.3. The molecule has 72 valence electrons. The molecule has 1 aromatic rings. The number of rotatable bonds is 1. The fourth-order valence-corrected chi connectivity index (χ4v) is 1.03. The number of benzene rings is 1. The lowest BCUT2D eigenvalue weighted by molar-refractivity contribution is -0.111. The van der Waals surface area contributed by atoms with Crippen molar-refractivity contribution in [2.24, 2.45) is 0 Å². The Kier molecular flexibility index (Phi) is 3.14. The van der Waals surface area contributed by atoms with Crippen LogP contribution in [0.3, 0.4) is 0 Å². The molecule has 0 atom stereocenters. The predicted molar refractivity (Wildman–Crippen MR) is 54.9 cm³/mol. The molecule has 0 aliphatic rings. The van der Waals surface area contributed by atoms with Gasteiger partial charge in [0.2, 0.25) is 0 Å². The minimum atomic E-state index is -0.374. The Hall–Kier alpha value is -1.95. The van der Waals surface area contributed by atoms with Crippen molar-refractivity contribution in [1.29, 1.82) is 0 Å². The van der Waals surface area contributed by atoms with Crippen LogP contribution in [0.2, 0.25) is 0 Å². The first-order valence-electron chi connectivity index (χ1n) is 4.17. The van der Waals surface area contributed by atoms with Crippen LogP contribution in [-0.2, 0) is 4.79 Å². The van der Waals surface area contributed by atoms with Crippen molar-refractivity contribution in [3.05, 3.63) is 23.8 Å². The van der Waals surface area contributed by atoms with Gasteiger partial charge in [-0.2, -0.15) is 0 Å². The van der Waals surface area contributed by atoms with Gasteiger partial charge < -0.3 is 10.4 Å². The molecule has 0 saturated carbocycles. The summed E-state index contributed by atoms with van der Waals surface area (Å²) in [7, 11) is 0. The van der Waals surface area contributed by atoms with E-state index in [0.717, 1.165) is 0 Å². The average Bonchev–Trinajstić information content (AvgIpc) is 2.13. The summed E-state index contributed by atoms with van der Waals surface area (Å²) in [4.78, 5) is 11.1. The van der Waals surface area contributed by atoms with Gasteiger partial charge in [-0.1, -0.05) is 12.0 Å². The van der Waals surface area contributed by atoms with Crippen LogP contribution in [0.4, 0.5) is 5.69 Å². The summed E-state index contributed by atoms with van der Waals surface area (Å²) in [5.41, 5.74) is 1.22. The molecule has 1 aromatic carbocycles. The van der Waals surface area contributed by atoms with Gasteiger partial charge in [-0.15, -0.1) is 0 Å². The Labute approximate surface area is 82.8 Å². The number of aromatic hydroxyl groups is 1. The van der Waals surface area contributed by atoms with Gasteiger partial charge in [-0.05, 0) is 31.9 Å². The fourth-order valence-electron chi connectivity index (χ4n) is 1.03. The summed E-state index contributed by atoms with van der Waals surface area (Å²) in [6.07, 6.45) is 0. The minimum Gasteiger partial charge on any atom is -0.508 e. The molecule has 14 heavy (non-hydrogen) atoms. The van der Waals surface area contributed by atoms with Crippen LogP contribution in [0.25, 0.3) is 0 Å². The summed E-state index contributed by atoms with van der Waals surface area (Å²) in [6.45, 7) is 3.32. The van der Waals surface area contributed by atoms with E-state index in [-0.39, 0.29) is 11.7 Å². The van der Waals surface area contributed by atoms with Gasteiger partial charge in [0.05, 0.1) is 0 Å². The minimum absolute atomic E-state index is 0.159. The molecule has 0 aliphatic heterocycles. The molecule has 0 unspecified atom stereocenters. The fraction of sp³-hybridized carbons (Fsp3) is 0.182. The monoisotopic (exact) mass is 189 g/mol. The molecule has 0 radical (unpaired) electrons. The lowest BCUT2D eigenvalue weighted by atomic mass is 10.2. The van der Waals surface area contributed by atoms with Crippen LogP contribution in [-0.4, -0.2) is 11.0 Å². The highest BCUT2D eigenvalue weighted by molar-refractivity contribution is 6.04. The van der Waals surface area contributed by atoms with Crippen LogP contribution >= 0.6 is 0 Å². The number of anilines is 1. The maximum absolute atomic E-state index is 11.1. The second-order valence-electron chi connectivity index (χ2n) is 2.78. The van der Waals surface area contributed by atoms with Crippen molar-refractivity contribution >= 4 is 11.6 Å². The van der Waals surface area contributed by atoms with Crippen LogP contribution < -0.4 is 5.32 Å². The average molecular weight is 189 g/mol. The van der Waals surface area contributed by atoms with Crippen LogP contribution in [0.5, 0.6) is 5.75 Å². The molecule has 0 aliphatic carbocycles. The Bertz CT molecular complexity index is 413. The number of hydrogen-bond acceptors (Lipinski definition) is 2. The Morgan fingerprint density at radius 3 is 2.86 bits per heavy atom. The zero-order valence-corrected chi connectivity index (χ0v) is 8.09. The van der Waals surface area contributed by atoms with E-state index < -0.39 is 0 Å². The van der Waals surface area contributed by atoms with E-state index in [4.69, 9.17) is 0 Å². The third-order valence-electron chi connectivity index (χ3n) is 1.79. The highest BCUT2D eigenvalue weighted by Crippen LogP contribution is 2.23. The van der Waals surface area contributed by atoms with Crippen molar-refractivity contribution in [3.63, 3.8) is 0 Å². The van der Waals surface area contributed by atoms with Crippen molar-refractivity contribution in [1.82, 2.24) is 0 Å². The van der Waals surface area contributed by atoms with E-state index in [1.807, 2.05) is 0 Å². The van der Waals surface area contributed by atoms with Crippen molar-refractivity contribution in [2.75, 3.05) is 5.32 Å². The van der Waals surface area contributed by atoms with Gasteiger partial charge in [0.1, 0.15) is 5.75 Å². The molecule has 1 rings (SSSR count). The molecule has 3 heteroatoms. The lowest BCUT2D eigenvalue weighted by Crippen LogP contribution is -2.09. The second kappa shape index (κ2) is 4.33. The molecule has 1 amide bonds. The predicted octanol–water partition coefficient (Wildman–Crippen LogP) is 1.66. The number of amides is 1. The van der Waals surface area contributed by atoms with Gasteiger partial charge in [0, 0.05) is 11.3 Å². The molecule has 0 aromatic heterocycles. The molecule has 2 N–H and O–H groups in total. The van der Waals surface area contributed by atoms with E-state index >= 15 is 0 Å². The summed E-state index contributed by atoms with van der Waals surface area (Å²) in [6, 6.07) is 4.94. The zero-order chi connectivity index (χ0) is 10.6. The molecular formula is C11H11NO2. The van der Waals surface area contributed by atoms with Crippen LogP contribution in [0.15, 0.2) is 18.2 Å². The first-order valence-corrected chi connectivity index (χ1v) is 4.17. The van der Waals surface area contributed by atoms with Gasteiger partial charge in [0.15, 0.2) is 0 Å². The van der Waals surface area contributed by atoms with Crippen molar-refractivity contribution in [2.45, 2.75) is 13.8 Å². The number of phenols is 1. The number of hydrogen-bond donors (Lipinski definition) is 2. The maximum atomic E-state index is 11.1. The molecule has 0 bridgehead atoms. The molecule has 0 fully saturated rings. The van der Waals surface area contributed by atoms with E-state index in [0.29, 0.717) is 11.3 Å². The SMILES string of the molecule is CC#CC(=O)Nc1cccc(O)c1C. The standard InChI is InChI=1S/C11H11NO2/c1-3-5-11(14)12-9-6-4-7-10(13)8(9)2/h4,6-7,13H,1-2H3,(H,12,14). The first kappa shape index (κ1) is 10.1. The molecule has 0 spiro atoms. The van der Waals surface area contributed by atoms with Crippen LogP contribution in [0, 0.1) is 18.8 Å². The van der Waals surface area contributed by atoms with E-state index in [1.165, 1.54) is 0 Å². The quantitative estimate of drug-likeness (QED) is 0.660. The lowest BCUT2D eigenvalue weighted by Gasteiger charge is -2.06. The van der Waals surface area contributed by atoms with Gasteiger partial charge >= 0.3 is 0 Å². The summed E-state index contributed by atoms with van der Waals surface area (Å²) < 4.78 is 0. The third-order valence-corrected chi connectivity index (χ3v) is 1.79. The van der Waals surface area contributed by atoms with Crippen LogP contribution in [0.1, 0.15) is 12.5 Å². The van der Waals surface area contributed by atoms with Gasteiger partial charge in [0.25, 0.3) is 5.91 Å². The molecule has 0 saturated heterocycles. The molecule has 3 nitrogen and oxygen atoms in total. The van der Waals surface area contributed by atoms with Crippen molar-refractivity contribution in [3.8, 4) is 17.6 Å². The van der Waals surface area contributed by atoms with E-state index in [2.05, 4.69) is 17.2 Å². The molecule has 0 heterocycles. The van der Waals surface area contributed by atoms with Gasteiger partial charge in [-0.25, -0.2) is 0 Å². The summed E-state index contributed by atoms with van der Waals surface area (Å²) >= 11 is 0. The maximum Gasteiger partial charge on any atom is 0.300 e. The second-order valence-corrected chi connectivity index (χ2v) is 2.78. The zero-order valence-electron chi connectivity index (χ0n) is 8.09. The smallest absolute Gasteiger partial charge is 0.300 e. The summed E-state index contributed by atoms with van der Waals surface area (Å²) in [5, 5.41) is 11.9. The Balaban J connectivity index is 2.90. The van der Waals surface area contributed by atoms with Crippen molar-refractivity contribution < 1.29 is 9.90 Å². The first-order chi connectivity index (χ1) is 6.65. The Morgan fingerprint density at radius 1 is 1.50 bits per heavy atom. The van der Waals surface area contributed by atoms with E-state index in [1.54, 1.807) is 32.0 Å². The highest BCUT2D eigenvalue weighted by Gasteiger charge is 2.04. The number of phenolic OH excluding ortho intramolecular Hbond substituents is 1. The number of nitrogens with one attached hydrogen (secondary N) is 1. The third kappa shape index (κ3) is 2.27. The largest absolute Gasteiger partial charge is 0.508 e. The summed E-state index contributed by atoms with van der Waals surface area (Å²) in [5.74, 6) is 4.64. The van der Waals surface area contributed by atoms with Gasteiger partial charge in [-0.3, -0.25) is 4.79 Å². The molecular weight excluding hydrogens is 178 g/mol. The normalized spacial score (nSPS) is 8.71. The van der Waals surface area contributed by atoms with E-state index in [9.17, 15) is 9.90 Å². The Morgan fingerprint density at radius 2 is 2.21 bits per heavy atom. The number of carbonyl (C=O) groups excluding carboxylic acids is 1. The number of carbonyl (C=O) groups is 1. The topological polar surface area (TPSA) is 49.3 Å².